The molecular formula is C22H24ClN3O4. The lowest BCUT2D eigenvalue weighted by Gasteiger charge is -2.13. The number of fused-ring (bicyclic) bond motifs is 2. The highest BCUT2D eigenvalue weighted by molar-refractivity contribution is 6.32. The minimum Gasteiger partial charge on any atom is -0.489 e. The number of carbonyl (C=O) groups is 1. The van der Waals surface area contributed by atoms with Crippen molar-refractivity contribution in [3.63, 3.8) is 0 Å². The number of carbonyl (C=O) groups excluding carboxylic acids is 1. The van der Waals surface area contributed by atoms with Crippen molar-refractivity contribution >= 4 is 23.2 Å². The summed E-state index contributed by atoms with van der Waals surface area (Å²) in [6.45, 7) is 7.15. The lowest BCUT2D eigenvalue weighted by atomic mass is 10.1. The van der Waals surface area contributed by atoms with Crippen molar-refractivity contribution in [2.45, 2.75) is 46.6 Å². The minimum absolute atomic E-state index is 0.128. The summed E-state index contributed by atoms with van der Waals surface area (Å²) in [5.74, 6) is 0.854. The van der Waals surface area contributed by atoms with Crippen molar-refractivity contribution in [1.29, 1.82) is 0 Å². The van der Waals surface area contributed by atoms with Crippen molar-refractivity contribution in [1.82, 2.24) is 14.6 Å². The molecule has 1 aliphatic rings. The molecule has 0 saturated heterocycles. The van der Waals surface area contributed by atoms with Crippen molar-refractivity contribution in [2.24, 2.45) is 0 Å². The van der Waals surface area contributed by atoms with E-state index in [0.29, 0.717) is 36.2 Å². The van der Waals surface area contributed by atoms with Crippen LogP contribution >= 0.6 is 11.6 Å². The van der Waals surface area contributed by atoms with Gasteiger partial charge in [0.1, 0.15) is 6.61 Å². The van der Waals surface area contributed by atoms with Crippen molar-refractivity contribution in [3.8, 4) is 11.5 Å². The van der Waals surface area contributed by atoms with Crippen LogP contribution in [-0.2, 0) is 22.6 Å². The van der Waals surface area contributed by atoms with E-state index in [2.05, 4.69) is 10.1 Å². The molecule has 0 unspecified atom stereocenters. The molecule has 1 aromatic carbocycles. The summed E-state index contributed by atoms with van der Waals surface area (Å²) in [6, 6.07) is 5.50. The van der Waals surface area contributed by atoms with Gasteiger partial charge in [-0.3, -0.25) is 4.79 Å². The Morgan fingerprint density at radius 2 is 2.00 bits per heavy atom. The predicted octanol–water partition coefficient (Wildman–Crippen LogP) is 4.15. The quantitative estimate of drug-likeness (QED) is 0.567. The van der Waals surface area contributed by atoms with Gasteiger partial charge < -0.3 is 14.2 Å². The van der Waals surface area contributed by atoms with Crippen LogP contribution in [0.15, 0.2) is 18.2 Å². The molecule has 0 atom stereocenters. The topological polar surface area (TPSA) is 75.0 Å². The fourth-order valence-corrected chi connectivity index (χ4v) is 3.92. The van der Waals surface area contributed by atoms with Gasteiger partial charge in [-0.1, -0.05) is 11.6 Å². The first-order chi connectivity index (χ1) is 14.4. The molecule has 0 saturated carbocycles. The Labute approximate surface area is 179 Å². The molecule has 3 aromatic rings. The van der Waals surface area contributed by atoms with Crippen LogP contribution in [0.2, 0.25) is 5.02 Å². The van der Waals surface area contributed by atoms with Crippen LogP contribution < -0.4 is 9.47 Å². The normalized spacial score (nSPS) is 13.3. The molecule has 0 spiro atoms. The number of esters is 1. The maximum absolute atomic E-state index is 12.4. The van der Waals surface area contributed by atoms with Gasteiger partial charge in [-0.2, -0.15) is 5.10 Å². The Bertz CT molecular complexity index is 1110. The van der Waals surface area contributed by atoms with Crippen LogP contribution in [0.25, 0.3) is 5.65 Å². The van der Waals surface area contributed by atoms with Crippen LogP contribution in [0.4, 0.5) is 0 Å². The highest BCUT2D eigenvalue weighted by Gasteiger charge is 2.17. The molecule has 4 rings (SSSR count). The summed E-state index contributed by atoms with van der Waals surface area (Å²) in [6.07, 6.45) is 1.60. The maximum atomic E-state index is 12.4. The Morgan fingerprint density at radius 3 is 2.83 bits per heavy atom. The molecule has 0 amide bonds. The van der Waals surface area contributed by atoms with Gasteiger partial charge in [0.2, 0.25) is 0 Å². The maximum Gasteiger partial charge on any atom is 0.306 e. The standard InChI is InChI=1S/C22H24ClN3O4/c1-13-9-20-24-14(2)17(15(3)26(20)25-13)5-6-21(27)30-12-16-10-18(23)22-19(11-16)28-7-4-8-29-22/h9-11H,4-8,12H2,1-3H3. The fraction of sp³-hybridized carbons (Fsp3) is 0.409. The van der Waals surface area contributed by atoms with E-state index in [1.54, 1.807) is 6.07 Å². The van der Waals surface area contributed by atoms with E-state index in [9.17, 15) is 4.79 Å². The molecule has 3 heterocycles. The highest BCUT2D eigenvalue weighted by Crippen LogP contribution is 2.38. The molecule has 0 bridgehead atoms. The van der Waals surface area contributed by atoms with Gasteiger partial charge in [0.05, 0.1) is 23.9 Å². The second kappa shape index (κ2) is 8.52. The molecule has 0 radical (unpaired) electrons. The first kappa shape index (κ1) is 20.5. The first-order valence-corrected chi connectivity index (χ1v) is 10.4. The third-order valence-electron chi connectivity index (χ3n) is 5.13. The minimum atomic E-state index is -0.284. The van der Waals surface area contributed by atoms with Gasteiger partial charge in [0, 0.05) is 30.3 Å². The summed E-state index contributed by atoms with van der Waals surface area (Å²) < 4.78 is 18.6. The molecular weight excluding hydrogens is 406 g/mol. The second-order valence-electron chi connectivity index (χ2n) is 7.43. The molecule has 8 heteroatoms. The van der Waals surface area contributed by atoms with Gasteiger partial charge in [0.15, 0.2) is 17.1 Å². The number of halogens is 1. The molecule has 0 N–H and O–H groups in total. The molecule has 158 valence electrons. The Balaban J connectivity index is 1.40. The summed E-state index contributed by atoms with van der Waals surface area (Å²) >= 11 is 6.30. The monoisotopic (exact) mass is 429 g/mol. The van der Waals surface area contributed by atoms with E-state index in [0.717, 1.165) is 40.3 Å². The average molecular weight is 430 g/mol. The molecule has 1 aliphatic heterocycles. The summed E-state index contributed by atoms with van der Waals surface area (Å²) in [5, 5.41) is 4.93. The first-order valence-electron chi connectivity index (χ1n) is 9.98. The molecule has 0 aliphatic carbocycles. The Hall–Kier alpha value is -2.80. The van der Waals surface area contributed by atoms with Gasteiger partial charge >= 0.3 is 5.97 Å². The van der Waals surface area contributed by atoms with Crippen LogP contribution in [0, 0.1) is 20.8 Å². The molecule has 7 nitrogen and oxygen atoms in total. The number of benzene rings is 1. The predicted molar refractivity (Wildman–Crippen MR) is 112 cm³/mol. The smallest absolute Gasteiger partial charge is 0.306 e. The Kier molecular flexibility index (Phi) is 5.81. The van der Waals surface area contributed by atoms with E-state index in [1.807, 2.05) is 37.4 Å². The lowest BCUT2D eigenvalue weighted by Crippen LogP contribution is -2.10. The summed E-state index contributed by atoms with van der Waals surface area (Å²) in [5.41, 5.74) is 5.41. The number of hydrogen-bond acceptors (Lipinski definition) is 6. The molecule has 0 fully saturated rings. The van der Waals surface area contributed by atoms with E-state index >= 15 is 0 Å². The summed E-state index contributed by atoms with van der Waals surface area (Å²) in [7, 11) is 0. The zero-order valence-electron chi connectivity index (χ0n) is 17.3. The van der Waals surface area contributed by atoms with E-state index < -0.39 is 0 Å². The van der Waals surface area contributed by atoms with E-state index in [1.165, 1.54) is 0 Å². The van der Waals surface area contributed by atoms with Gasteiger partial charge in [-0.15, -0.1) is 0 Å². The van der Waals surface area contributed by atoms with Gasteiger partial charge in [-0.25, -0.2) is 9.50 Å². The number of aromatic nitrogens is 3. The lowest BCUT2D eigenvalue weighted by molar-refractivity contribution is -0.144. The number of hydrogen-bond donors (Lipinski definition) is 0. The van der Waals surface area contributed by atoms with Crippen LogP contribution in [0.3, 0.4) is 0 Å². The fourth-order valence-electron chi connectivity index (χ4n) is 3.63. The largest absolute Gasteiger partial charge is 0.489 e. The zero-order chi connectivity index (χ0) is 21.3. The van der Waals surface area contributed by atoms with Gasteiger partial charge in [-0.05, 0) is 50.5 Å². The van der Waals surface area contributed by atoms with Crippen molar-refractivity contribution < 1.29 is 19.0 Å². The van der Waals surface area contributed by atoms with Crippen LogP contribution in [-0.4, -0.2) is 33.8 Å². The van der Waals surface area contributed by atoms with E-state index in [-0.39, 0.29) is 19.0 Å². The third-order valence-corrected chi connectivity index (χ3v) is 5.41. The van der Waals surface area contributed by atoms with Crippen molar-refractivity contribution in [3.05, 3.63) is 51.4 Å². The van der Waals surface area contributed by atoms with Crippen LogP contribution in [0.5, 0.6) is 11.5 Å². The second-order valence-corrected chi connectivity index (χ2v) is 7.84. The van der Waals surface area contributed by atoms with Crippen LogP contribution in [0.1, 0.15) is 41.1 Å². The average Bonchev–Trinajstić information content (AvgIpc) is 2.92. The summed E-state index contributed by atoms with van der Waals surface area (Å²) in [4.78, 5) is 16.9. The molecule has 30 heavy (non-hydrogen) atoms. The number of rotatable bonds is 5. The number of aryl methyl sites for hydroxylation is 3. The SMILES string of the molecule is Cc1cc2nc(C)c(CCC(=O)OCc3cc(Cl)c4c(c3)OCCCO4)c(C)n2n1. The van der Waals surface area contributed by atoms with E-state index in [4.69, 9.17) is 25.8 Å². The zero-order valence-corrected chi connectivity index (χ0v) is 18.1. The van der Waals surface area contributed by atoms with Gasteiger partial charge in [0.25, 0.3) is 0 Å². The van der Waals surface area contributed by atoms with Crippen molar-refractivity contribution in [2.75, 3.05) is 13.2 Å². The molecule has 2 aromatic heterocycles. The number of nitrogens with zero attached hydrogens (tertiary/aromatic N) is 3. The third kappa shape index (κ3) is 4.21. The number of ether oxygens (including phenoxy) is 3. The Morgan fingerprint density at radius 1 is 1.20 bits per heavy atom. The highest BCUT2D eigenvalue weighted by atomic mass is 35.5.